The molecule has 0 spiro atoms. The van der Waals surface area contributed by atoms with Gasteiger partial charge in [-0.05, 0) is 61.2 Å². The molecule has 0 aromatic heterocycles. The Morgan fingerprint density at radius 1 is 1.07 bits per heavy atom. The van der Waals surface area contributed by atoms with Crippen LogP contribution in [0, 0.1) is 0 Å². The third-order valence-electron chi connectivity index (χ3n) is 5.02. The number of carbonyl (C=O) groups excluding carboxylic acids is 1. The van der Waals surface area contributed by atoms with Gasteiger partial charge in [-0.15, -0.1) is 0 Å². The Morgan fingerprint density at radius 3 is 2.30 bits per heavy atom. The summed E-state index contributed by atoms with van der Waals surface area (Å²) in [5.41, 5.74) is 0.654. The van der Waals surface area contributed by atoms with Crippen molar-refractivity contribution in [2.45, 2.75) is 36.7 Å². The zero-order valence-electron chi connectivity index (χ0n) is 16.9. The number of halogens is 1. The van der Waals surface area contributed by atoms with Crippen molar-refractivity contribution in [3.8, 4) is 11.5 Å². The fourth-order valence-corrected chi connectivity index (χ4v) is 5.17. The van der Waals surface area contributed by atoms with Crippen LogP contribution in [0.15, 0.2) is 47.4 Å². The van der Waals surface area contributed by atoms with E-state index in [1.165, 1.54) is 42.8 Å². The predicted molar refractivity (Wildman–Crippen MR) is 114 cm³/mol. The summed E-state index contributed by atoms with van der Waals surface area (Å²) in [5, 5.41) is 3.26. The summed E-state index contributed by atoms with van der Waals surface area (Å²) in [4.78, 5) is 12.8. The molecular weight excluding hydrogens is 428 g/mol. The highest BCUT2D eigenvalue weighted by atomic mass is 35.5. The number of hydrogen-bond acceptors (Lipinski definition) is 5. The van der Waals surface area contributed by atoms with Gasteiger partial charge in [0.05, 0.1) is 19.1 Å². The maximum absolute atomic E-state index is 13.6. The highest BCUT2D eigenvalue weighted by Crippen LogP contribution is 2.29. The molecule has 0 aliphatic carbocycles. The van der Waals surface area contributed by atoms with Gasteiger partial charge in [0.25, 0.3) is 0 Å². The van der Waals surface area contributed by atoms with E-state index in [1.54, 1.807) is 18.2 Å². The SMILES string of the molecule is COc1cc(CN(C2CCCCNC2=O)S(=O)(=O)c2ccc(Cl)cc2)cc(OC)c1. The van der Waals surface area contributed by atoms with E-state index in [9.17, 15) is 13.2 Å². The van der Waals surface area contributed by atoms with E-state index in [-0.39, 0.29) is 17.3 Å². The molecule has 0 bridgehead atoms. The summed E-state index contributed by atoms with van der Waals surface area (Å²) in [6, 6.07) is 10.3. The van der Waals surface area contributed by atoms with Gasteiger partial charge in [-0.25, -0.2) is 8.42 Å². The minimum Gasteiger partial charge on any atom is -0.497 e. The van der Waals surface area contributed by atoms with Crippen LogP contribution in [0.3, 0.4) is 0 Å². The van der Waals surface area contributed by atoms with E-state index >= 15 is 0 Å². The number of benzene rings is 2. The average molecular weight is 453 g/mol. The Hall–Kier alpha value is -2.29. The van der Waals surface area contributed by atoms with Crippen molar-refractivity contribution in [3.05, 3.63) is 53.1 Å². The third kappa shape index (κ3) is 5.06. The number of nitrogens with one attached hydrogen (secondary N) is 1. The van der Waals surface area contributed by atoms with Gasteiger partial charge in [-0.2, -0.15) is 4.31 Å². The van der Waals surface area contributed by atoms with E-state index in [0.717, 1.165) is 12.8 Å². The van der Waals surface area contributed by atoms with E-state index in [4.69, 9.17) is 21.1 Å². The Balaban J connectivity index is 2.05. The normalized spacial score (nSPS) is 17.3. The highest BCUT2D eigenvalue weighted by Gasteiger charge is 2.36. The second-order valence-corrected chi connectivity index (χ2v) is 9.35. The molecule has 0 saturated carbocycles. The minimum atomic E-state index is -3.97. The lowest BCUT2D eigenvalue weighted by Gasteiger charge is -2.29. The first-order chi connectivity index (χ1) is 14.3. The van der Waals surface area contributed by atoms with Crippen LogP contribution in [-0.4, -0.2) is 45.4 Å². The molecule has 1 amide bonds. The first-order valence-corrected chi connectivity index (χ1v) is 11.4. The molecule has 0 radical (unpaired) electrons. The highest BCUT2D eigenvalue weighted by molar-refractivity contribution is 7.89. The van der Waals surface area contributed by atoms with Crippen molar-refractivity contribution in [2.24, 2.45) is 0 Å². The molecule has 7 nitrogen and oxygen atoms in total. The largest absolute Gasteiger partial charge is 0.497 e. The van der Waals surface area contributed by atoms with Gasteiger partial charge in [-0.1, -0.05) is 11.6 Å². The molecule has 1 unspecified atom stereocenters. The lowest BCUT2D eigenvalue weighted by molar-refractivity contribution is -0.124. The fraction of sp³-hybridized carbons (Fsp3) is 0.381. The summed E-state index contributed by atoms with van der Waals surface area (Å²) in [6.07, 6.45) is 2.00. The van der Waals surface area contributed by atoms with Gasteiger partial charge in [-0.3, -0.25) is 4.79 Å². The number of rotatable bonds is 7. The summed E-state index contributed by atoms with van der Waals surface area (Å²) in [6.45, 7) is 0.535. The standard InChI is InChI=1S/C21H25ClN2O5S/c1-28-17-11-15(12-18(13-17)29-2)14-24(20-5-3-4-10-23-21(20)25)30(26,27)19-8-6-16(22)7-9-19/h6-9,11-13,20H,3-5,10,14H2,1-2H3,(H,23,25). The number of ether oxygens (including phenoxy) is 2. The zero-order chi connectivity index (χ0) is 21.7. The fourth-order valence-electron chi connectivity index (χ4n) is 3.44. The Labute approximate surface area is 182 Å². The summed E-state index contributed by atoms with van der Waals surface area (Å²) in [7, 11) is -0.917. The second kappa shape index (κ2) is 9.68. The molecule has 1 aliphatic rings. The van der Waals surface area contributed by atoms with E-state index in [1.807, 2.05) is 0 Å². The van der Waals surface area contributed by atoms with Crippen molar-refractivity contribution in [3.63, 3.8) is 0 Å². The van der Waals surface area contributed by atoms with Crippen LogP contribution in [0.5, 0.6) is 11.5 Å². The maximum atomic E-state index is 13.6. The maximum Gasteiger partial charge on any atom is 0.244 e. The lowest BCUT2D eigenvalue weighted by atomic mass is 10.1. The Kier molecular flexibility index (Phi) is 7.23. The van der Waals surface area contributed by atoms with Crippen molar-refractivity contribution in [1.29, 1.82) is 0 Å². The molecule has 3 rings (SSSR count). The van der Waals surface area contributed by atoms with E-state index < -0.39 is 16.1 Å². The summed E-state index contributed by atoms with van der Waals surface area (Å²) in [5.74, 6) is 0.789. The van der Waals surface area contributed by atoms with Crippen LogP contribution in [0.2, 0.25) is 5.02 Å². The van der Waals surface area contributed by atoms with E-state index in [2.05, 4.69) is 5.32 Å². The average Bonchev–Trinajstić information content (AvgIpc) is 2.96. The number of sulfonamides is 1. The third-order valence-corrected chi connectivity index (χ3v) is 7.14. The Bertz CT molecular complexity index is 973. The number of nitrogens with zero attached hydrogens (tertiary/aromatic N) is 1. The summed E-state index contributed by atoms with van der Waals surface area (Å²) >= 11 is 5.93. The molecule has 2 aromatic rings. The number of amides is 1. The van der Waals surface area contributed by atoms with E-state index in [0.29, 0.717) is 35.1 Å². The van der Waals surface area contributed by atoms with Crippen molar-refractivity contribution in [2.75, 3.05) is 20.8 Å². The van der Waals surface area contributed by atoms with Crippen molar-refractivity contribution >= 4 is 27.5 Å². The number of carbonyl (C=O) groups is 1. The second-order valence-electron chi connectivity index (χ2n) is 7.03. The van der Waals surface area contributed by atoms with Crippen LogP contribution in [-0.2, 0) is 21.4 Å². The van der Waals surface area contributed by atoms with Crippen LogP contribution in [0.1, 0.15) is 24.8 Å². The molecule has 30 heavy (non-hydrogen) atoms. The molecule has 1 atom stereocenters. The molecule has 1 saturated heterocycles. The molecule has 162 valence electrons. The molecule has 1 heterocycles. The van der Waals surface area contributed by atoms with Gasteiger partial charge < -0.3 is 14.8 Å². The van der Waals surface area contributed by atoms with Gasteiger partial charge in [0, 0.05) is 24.2 Å². The monoisotopic (exact) mass is 452 g/mol. The van der Waals surface area contributed by atoms with Crippen LogP contribution in [0.25, 0.3) is 0 Å². The quantitative estimate of drug-likeness (QED) is 0.697. The van der Waals surface area contributed by atoms with Gasteiger partial charge in [0.1, 0.15) is 17.5 Å². The molecular formula is C21H25ClN2O5S. The predicted octanol–water partition coefficient (Wildman–Crippen LogP) is 3.22. The smallest absolute Gasteiger partial charge is 0.244 e. The first-order valence-electron chi connectivity index (χ1n) is 9.62. The van der Waals surface area contributed by atoms with Crippen molar-refractivity contribution < 1.29 is 22.7 Å². The first kappa shape index (κ1) is 22.4. The Morgan fingerprint density at radius 2 is 1.70 bits per heavy atom. The number of hydrogen-bond donors (Lipinski definition) is 1. The molecule has 1 N–H and O–H groups in total. The molecule has 2 aromatic carbocycles. The molecule has 1 fully saturated rings. The minimum absolute atomic E-state index is 0.00337. The number of methoxy groups -OCH3 is 2. The van der Waals surface area contributed by atoms with Crippen molar-refractivity contribution in [1.82, 2.24) is 9.62 Å². The van der Waals surface area contributed by atoms with Crippen LogP contribution < -0.4 is 14.8 Å². The van der Waals surface area contributed by atoms with Gasteiger partial charge >= 0.3 is 0 Å². The van der Waals surface area contributed by atoms with Gasteiger partial charge in [0.2, 0.25) is 15.9 Å². The van der Waals surface area contributed by atoms with Crippen LogP contribution in [0.4, 0.5) is 0 Å². The zero-order valence-corrected chi connectivity index (χ0v) is 18.5. The molecule has 9 heteroatoms. The lowest BCUT2D eigenvalue weighted by Crippen LogP contribution is -2.48. The molecule has 1 aliphatic heterocycles. The van der Waals surface area contributed by atoms with Gasteiger partial charge in [0.15, 0.2) is 0 Å². The topological polar surface area (TPSA) is 84.9 Å². The van der Waals surface area contributed by atoms with Crippen LogP contribution >= 0.6 is 11.6 Å². The summed E-state index contributed by atoms with van der Waals surface area (Å²) < 4.78 is 39.0.